The average molecular weight is 308 g/mol. The molecule has 0 radical (unpaired) electrons. The quantitative estimate of drug-likeness (QED) is 0.475. The van der Waals surface area contributed by atoms with Crippen LogP contribution >= 0.6 is 0 Å². The lowest BCUT2D eigenvalue weighted by atomic mass is 9.68. The summed E-state index contributed by atoms with van der Waals surface area (Å²) in [6, 6.07) is 0. The largest absolute Gasteiger partial charge is 0.379 e. The van der Waals surface area contributed by atoms with E-state index in [1.54, 1.807) is 0 Å². The van der Waals surface area contributed by atoms with Crippen LogP contribution in [0.3, 0.4) is 0 Å². The molecule has 5 nitrogen and oxygen atoms in total. The van der Waals surface area contributed by atoms with Crippen molar-refractivity contribution in [1.29, 1.82) is 0 Å². The maximum Gasteiger partial charge on any atom is 0.193 e. The third-order valence-corrected chi connectivity index (χ3v) is 5.48. The Bertz CT molecular complexity index is 375. The van der Waals surface area contributed by atoms with Crippen molar-refractivity contribution in [3.63, 3.8) is 0 Å². The van der Waals surface area contributed by atoms with E-state index >= 15 is 0 Å². The summed E-state index contributed by atoms with van der Waals surface area (Å²) in [6.45, 7) is 11.6. The number of hydrogen-bond acceptors (Lipinski definition) is 3. The van der Waals surface area contributed by atoms with Gasteiger partial charge in [-0.2, -0.15) is 0 Å². The van der Waals surface area contributed by atoms with Crippen LogP contribution in [-0.4, -0.2) is 74.8 Å². The first-order chi connectivity index (χ1) is 10.8. The molecule has 1 aliphatic carbocycles. The molecule has 2 heterocycles. The van der Waals surface area contributed by atoms with Crippen molar-refractivity contribution in [2.24, 2.45) is 10.4 Å². The van der Waals surface area contributed by atoms with Gasteiger partial charge in [-0.25, -0.2) is 0 Å². The molecule has 0 aromatic rings. The van der Waals surface area contributed by atoms with Crippen molar-refractivity contribution in [3.05, 3.63) is 0 Å². The van der Waals surface area contributed by atoms with Gasteiger partial charge < -0.3 is 15.0 Å². The van der Waals surface area contributed by atoms with Crippen LogP contribution < -0.4 is 5.32 Å². The average Bonchev–Trinajstić information content (AvgIpc) is 2.97. The number of guanidine groups is 1. The lowest BCUT2D eigenvalue weighted by molar-refractivity contribution is 0.0377. The summed E-state index contributed by atoms with van der Waals surface area (Å²) in [4.78, 5) is 9.87. The zero-order valence-corrected chi connectivity index (χ0v) is 14.1. The second kappa shape index (κ2) is 7.64. The molecule has 0 atom stereocenters. The number of ether oxygens (including phenoxy) is 1. The molecule has 5 heteroatoms. The van der Waals surface area contributed by atoms with E-state index in [4.69, 9.17) is 9.73 Å². The van der Waals surface area contributed by atoms with E-state index in [2.05, 4.69) is 22.0 Å². The highest BCUT2D eigenvalue weighted by molar-refractivity contribution is 5.80. The van der Waals surface area contributed by atoms with Crippen molar-refractivity contribution in [2.45, 2.75) is 39.0 Å². The molecule has 0 aromatic carbocycles. The highest BCUT2D eigenvalue weighted by Gasteiger charge is 2.43. The molecule has 0 amide bonds. The normalized spacial score (nSPS) is 25.5. The van der Waals surface area contributed by atoms with Crippen molar-refractivity contribution >= 4 is 5.96 Å². The van der Waals surface area contributed by atoms with Crippen molar-refractivity contribution in [1.82, 2.24) is 15.1 Å². The van der Waals surface area contributed by atoms with E-state index < -0.39 is 0 Å². The molecule has 126 valence electrons. The highest BCUT2D eigenvalue weighted by Crippen LogP contribution is 2.47. The summed E-state index contributed by atoms with van der Waals surface area (Å²) >= 11 is 0. The molecular weight excluding hydrogens is 276 g/mol. The Morgan fingerprint density at radius 2 is 2.00 bits per heavy atom. The number of morpholine rings is 1. The smallest absolute Gasteiger partial charge is 0.193 e. The minimum atomic E-state index is 0.643. The molecule has 1 saturated carbocycles. The number of nitrogens with one attached hydrogen (secondary N) is 1. The van der Waals surface area contributed by atoms with Gasteiger partial charge in [0.1, 0.15) is 0 Å². The van der Waals surface area contributed by atoms with Gasteiger partial charge >= 0.3 is 0 Å². The van der Waals surface area contributed by atoms with Crippen molar-refractivity contribution in [2.75, 3.05) is 59.0 Å². The predicted octanol–water partition coefficient (Wildman–Crippen LogP) is 1.55. The van der Waals surface area contributed by atoms with Gasteiger partial charge in [-0.1, -0.05) is 6.42 Å². The SMILES string of the molecule is CCNC(=NCCCN1CCOCC1)N1CCC2(CCC2)C1. The molecule has 2 saturated heterocycles. The van der Waals surface area contributed by atoms with Gasteiger partial charge in [0.05, 0.1) is 13.2 Å². The molecule has 0 aromatic heterocycles. The predicted molar refractivity (Wildman–Crippen MR) is 90.3 cm³/mol. The lowest BCUT2D eigenvalue weighted by Gasteiger charge is -2.38. The van der Waals surface area contributed by atoms with Crippen LogP contribution in [0, 0.1) is 5.41 Å². The van der Waals surface area contributed by atoms with E-state index in [0.29, 0.717) is 5.41 Å². The Kier molecular flexibility index (Phi) is 5.58. The van der Waals surface area contributed by atoms with Crippen LogP contribution in [-0.2, 0) is 4.74 Å². The van der Waals surface area contributed by atoms with Crippen LogP contribution in [0.1, 0.15) is 39.0 Å². The Morgan fingerprint density at radius 3 is 2.64 bits per heavy atom. The number of aliphatic imine (C=N–C) groups is 1. The van der Waals surface area contributed by atoms with Gasteiger partial charge in [-0.3, -0.25) is 9.89 Å². The summed E-state index contributed by atoms with van der Waals surface area (Å²) in [5.41, 5.74) is 0.643. The van der Waals surface area contributed by atoms with Crippen LogP contribution in [0.4, 0.5) is 0 Å². The van der Waals surface area contributed by atoms with E-state index in [9.17, 15) is 0 Å². The highest BCUT2D eigenvalue weighted by atomic mass is 16.5. The van der Waals surface area contributed by atoms with Crippen LogP contribution in [0.2, 0.25) is 0 Å². The number of rotatable bonds is 5. The number of likely N-dealkylation sites (tertiary alicyclic amines) is 1. The first kappa shape index (κ1) is 16.1. The Labute approximate surface area is 135 Å². The summed E-state index contributed by atoms with van der Waals surface area (Å²) in [5.74, 6) is 1.15. The Balaban J connectivity index is 1.43. The second-order valence-corrected chi connectivity index (χ2v) is 7.07. The van der Waals surface area contributed by atoms with E-state index in [-0.39, 0.29) is 0 Å². The van der Waals surface area contributed by atoms with Crippen LogP contribution in [0.5, 0.6) is 0 Å². The number of nitrogens with zero attached hydrogens (tertiary/aromatic N) is 3. The topological polar surface area (TPSA) is 40.1 Å². The molecule has 0 bridgehead atoms. The fraction of sp³-hybridized carbons (Fsp3) is 0.941. The molecule has 1 N–H and O–H groups in total. The maximum absolute atomic E-state index is 5.39. The Hall–Kier alpha value is -0.810. The fourth-order valence-corrected chi connectivity index (χ4v) is 3.93. The lowest BCUT2D eigenvalue weighted by Crippen LogP contribution is -2.42. The third kappa shape index (κ3) is 3.93. The molecule has 3 aliphatic rings. The van der Waals surface area contributed by atoms with Gasteiger partial charge in [0.15, 0.2) is 5.96 Å². The molecular formula is C17H32N4O. The first-order valence-corrected chi connectivity index (χ1v) is 9.15. The molecule has 3 rings (SSSR count). The zero-order chi connectivity index (χ0) is 15.3. The van der Waals surface area contributed by atoms with Crippen molar-refractivity contribution in [3.8, 4) is 0 Å². The van der Waals surface area contributed by atoms with Crippen LogP contribution in [0.15, 0.2) is 4.99 Å². The second-order valence-electron chi connectivity index (χ2n) is 7.07. The van der Waals surface area contributed by atoms with Gasteiger partial charge in [-0.15, -0.1) is 0 Å². The van der Waals surface area contributed by atoms with Gasteiger partial charge in [0, 0.05) is 45.8 Å². The standard InChI is InChI=1S/C17H32N4O/c1-2-18-16(21-10-7-17(15-21)5-3-6-17)19-8-4-9-20-11-13-22-14-12-20/h2-15H2,1H3,(H,18,19). The molecule has 22 heavy (non-hydrogen) atoms. The summed E-state index contributed by atoms with van der Waals surface area (Å²) in [6.07, 6.45) is 6.81. The molecule has 1 spiro atoms. The Morgan fingerprint density at radius 1 is 1.18 bits per heavy atom. The third-order valence-electron chi connectivity index (χ3n) is 5.48. The minimum absolute atomic E-state index is 0.643. The minimum Gasteiger partial charge on any atom is -0.379 e. The summed E-state index contributed by atoms with van der Waals surface area (Å²) < 4.78 is 5.39. The first-order valence-electron chi connectivity index (χ1n) is 9.15. The van der Waals surface area contributed by atoms with E-state index in [1.165, 1.54) is 38.8 Å². The maximum atomic E-state index is 5.39. The monoisotopic (exact) mass is 308 g/mol. The van der Waals surface area contributed by atoms with Gasteiger partial charge in [-0.05, 0) is 38.0 Å². The molecule has 3 fully saturated rings. The van der Waals surface area contributed by atoms with Crippen LogP contribution in [0.25, 0.3) is 0 Å². The van der Waals surface area contributed by atoms with Gasteiger partial charge in [0.25, 0.3) is 0 Å². The van der Waals surface area contributed by atoms with E-state index in [1.807, 2.05) is 0 Å². The fourth-order valence-electron chi connectivity index (χ4n) is 3.93. The number of hydrogen-bond donors (Lipinski definition) is 1. The summed E-state index contributed by atoms with van der Waals surface area (Å²) in [5, 5.41) is 3.49. The van der Waals surface area contributed by atoms with E-state index in [0.717, 1.165) is 58.3 Å². The summed E-state index contributed by atoms with van der Waals surface area (Å²) in [7, 11) is 0. The molecule has 0 unspecified atom stereocenters. The van der Waals surface area contributed by atoms with Gasteiger partial charge in [0.2, 0.25) is 0 Å². The zero-order valence-electron chi connectivity index (χ0n) is 14.1. The van der Waals surface area contributed by atoms with Crippen molar-refractivity contribution < 1.29 is 4.74 Å². The molecule has 2 aliphatic heterocycles.